The highest BCUT2D eigenvalue weighted by atomic mass is 32.2. The third-order valence-electron chi connectivity index (χ3n) is 5.58. The molecule has 0 aliphatic rings. The number of rotatable bonds is 7. The summed E-state index contributed by atoms with van der Waals surface area (Å²) in [6.07, 6.45) is 0.179. The van der Waals surface area contributed by atoms with Gasteiger partial charge in [-0.1, -0.05) is 79.0 Å². The van der Waals surface area contributed by atoms with Crippen molar-refractivity contribution in [1.29, 1.82) is 0 Å². The third-order valence-corrected chi connectivity index (χ3v) is 6.84. The molecule has 0 spiro atoms. The Morgan fingerprint density at radius 2 is 1.47 bits per heavy atom. The normalized spacial score (nSPS) is 10.5. The Labute approximate surface area is 214 Å². The Morgan fingerprint density at radius 1 is 0.806 bits per heavy atom. The Bertz CT molecular complexity index is 1400. The fraction of sp³-hybridized carbons (Fsp3) is 0.0667. The van der Waals surface area contributed by atoms with Crippen molar-refractivity contribution < 1.29 is 14.0 Å². The predicted molar refractivity (Wildman–Crippen MR) is 142 cm³/mol. The first kappa shape index (κ1) is 24.9. The molecule has 6 heteroatoms. The molecule has 4 aromatic rings. The number of benzene rings is 4. The summed E-state index contributed by atoms with van der Waals surface area (Å²) in [5.74, 6) is -0.970. The lowest BCUT2D eigenvalue weighted by Gasteiger charge is -2.14. The van der Waals surface area contributed by atoms with Gasteiger partial charge < -0.3 is 0 Å². The van der Waals surface area contributed by atoms with Crippen LogP contribution in [0.5, 0.6) is 0 Å². The number of aryl methyl sites for hydroxylation is 1. The van der Waals surface area contributed by atoms with Gasteiger partial charge in [0.25, 0.3) is 5.91 Å². The fourth-order valence-corrected chi connectivity index (χ4v) is 4.70. The molecule has 2 amide bonds. The summed E-state index contributed by atoms with van der Waals surface area (Å²) >= 11 is 1.57. The van der Waals surface area contributed by atoms with Gasteiger partial charge in [-0.2, -0.15) is 0 Å². The average molecular weight is 497 g/mol. The van der Waals surface area contributed by atoms with Crippen molar-refractivity contribution in [3.05, 3.63) is 137 Å². The molecular weight excluding hydrogens is 471 g/mol. The lowest BCUT2D eigenvalue weighted by atomic mass is 10.00. The maximum atomic E-state index is 13.3. The number of hydrogen-bond donors (Lipinski definition) is 2. The van der Waals surface area contributed by atoms with Gasteiger partial charge in [0.1, 0.15) is 5.82 Å². The van der Waals surface area contributed by atoms with Gasteiger partial charge in [0, 0.05) is 15.4 Å². The summed E-state index contributed by atoms with van der Waals surface area (Å²) in [7, 11) is 0. The third kappa shape index (κ3) is 6.29. The summed E-state index contributed by atoms with van der Waals surface area (Å²) in [6, 6.07) is 28.9. The molecule has 0 radical (unpaired) electrons. The van der Waals surface area contributed by atoms with E-state index in [2.05, 4.69) is 17.4 Å². The Hall–Kier alpha value is -4.16. The molecule has 0 unspecified atom stereocenters. The van der Waals surface area contributed by atoms with Crippen molar-refractivity contribution in [1.82, 2.24) is 10.9 Å². The minimum atomic E-state index is -0.388. The van der Waals surface area contributed by atoms with E-state index in [0.29, 0.717) is 5.56 Å². The van der Waals surface area contributed by atoms with Crippen LogP contribution in [-0.4, -0.2) is 11.8 Å². The first-order valence-electron chi connectivity index (χ1n) is 11.4. The summed E-state index contributed by atoms with van der Waals surface area (Å²) in [4.78, 5) is 26.7. The maximum Gasteiger partial charge on any atom is 0.269 e. The van der Waals surface area contributed by atoms with Gasteiger partial charge in [0.05, 0.1) is 6.42 Å². The van der Waals surface area contributed by atoms with E-state index < -0.39 is 0 Å². The molecular formula is C30H25FN2O2S. The Kier molecular flexibility index (Phi) is 7.98. The monoisotopic (exact) mass is 496 g/mol. The molecule has 0 aromatic heterocycles. The van der Waals surface area contributed by atoms with Gasteiger partial charge >= 0.3 is 0 Å². The summed E-state index contributed by atoms with van der Waals surface area (Å²) < 4.78 is 13.3. The molecule has 0 atom stereocenters. The van der Waals surface area contributed by atoms with Crippen LogP contribution < -0.4 is 10.9 Å². The minimum Gasteiger partial charge on any atom is -0.273 e. The van der Waals surface area contributed by atoms with E-state index in [1.165, 1.54) is 12.1 Å². The number of halogens is 1. The van der Waals surface area contributed by atoms with E-state index in [1.54, 1.807) is 36.0 Å². The summed E-state index contributed by atoms with van der Waals surface area (Å²) in [5, 5.41) is 0. The summed E-state index contributed by atoms with van der Waals surface area (Å²) in [5.41, 5.74) is 9.78. The molecule has 0 fully saturated rings. The van der Waals surface area contributed by atoms with Gasteiger partial charge in [-0.3, -0.25) is 20.4 Å². The van der Waals surface area contributed by atoms with Crippen LogP contribution >= 0.6 is 11.8 Å². The van der Waals surface area contributed by atoms with Crippen LogP contribution in [0.2, 0.25) is 0 Å². The number of hydrogen-bond acceptors (Lipinski definition) is 3. The molecule has 0 aliphatic carbocycles. The van der Waals surface area contributed by atoms with E-state index in [9.17, 15) is 14.0 Å². The van der Waals surface area contributed by atoms with Gasteiger partial charge in [-0.15, -0.1) is 0 Å². The van der Waals surface area contributed by atoms with E-state index in [1.807, 2.05) is 67.6 Å². The molecule has 2 N–H and O–H groups in total. The van der Waals surface area contributed by atoms with E-state index >= 15 is 0 Å². The SMILES string of the molecule is C=C(c1ccc(F)cc1)c1ccccc1Sc1ccc(C(=O)NNC(=O)Cc2ccccc2)cc1C. The minimum absolute atomic E-state index is 0.179. The quantitative estimate of drug-likeness (QED) is 0.293. The molecule has 0 saturated heterocycles. The molecule has 4 nitrogen and oxygen atoms in total. The first-order valence-corrected chi connectivity index (χ1v) is 12.2. The van der Waals surface area contributed by atoms with E-state index in [4.69, 9.17) is 0 Å². The number of amides is 2. The average Bonchev–Trinajstić information content (AvgIpc) is 2.89. The van der Waals surface area contributed by atoms with Crippen LogP contribution in [0.25, 0.3) is 5.57 Å². The largest absolute Gasteiger partial charge is 0.273 e. The second-order valence-corrected chi connectivity index (χ2v) is 9.31. The molecule has 0 heterocycles. The zero-order valence-corrected chi connectivity index (χ0v) is 20.6. The lowest BCUT2D eigenvalue weighted by Crippen LogP contribution is -2.42. The molecule has 36 heavy (non-hydrogen) atoms. The summed E-state index contributed by atoms with van der Waals surface area (Å²) in [6.45, 7) is 6.16. The van der Waals surface area contributed by atoms with Crippen molar-refractivity contribution >= 4 is 29.1 Å². The van der Waals surface area contributed by atoms with Crippen molar-refractivity contribution in [2.75, 3.05) is 0 Å². The van der Waals surface area contributed by atoms with Crippen molar-refractivity contribution in [3.8, 4) is 0 Å². The zero-order chi connectivity index (χ0) is 25.5. The number of carbonyl (C=O) groups excluding carboxylic acids is 2. The zero-order valence-electron chi connectivity index (χ0n) is 19.8. The highest BCUT2D eigenvalue weighted by Gasteiger charge is 2.13. The van der Waals surface area contributed by atoms with Crippen molar-refractivity contribution in [3.63, 3.8) is 0 Å². The standard InChI is InChI=1S/C30H25FN2O2S/c1-20-18-24(30(35)33-32-29(34)19-22-8-4-3-5-9-22)14-17-27(20)36-28-11-7-6-10-26(28)21(2)23-12-15-25(31)16-13-23/h3-18H,2,19H2,1H3,(H,32,34)(H,33,35). The lowest BCUT2D eigenvalue weighted by molar-refractivity contribution is -0.121. The van der Waals surface area contributed by atoms with Crippen LogP contribution in [0.1, 0.15) is 32.6 Å². The van der Waals surface area contributed by atoms with Gasteiger partial charge in [-0.25, -0.2) is 4.39 Å². The molecule has 4 rings (SSSR count). The van der Waals surface area contributed by atoms with E-state index in [0.717, 1.165) is 37.6 Å². The van der Waals surface area contributed by atoms with Gasteiger partial charge in [0.2, 0.25) is 5.91 Å². The Balaban J connectivity index is 1.43. The van der Waals surface area contributed by atoms with Crippen LogP contribution in [0.3, 0.4) is 0 Å². The van der Waals surface area contributed by atoms with Crippen LogP contribution in [0.4, 0.5) is 4.39 Å². The molecule has 0 aliphatic heterocycles. The molecule has 4 aromatic carbocycles. The van der Waals surface area contributed by atoms with Crippen LogP contribution in [-0.2, 0) is 11.2 Å². The number of nitrogens with one attached hydrogen (secondary N) is 2. The predicted octanol–water partition coefficient (Wildman–Crippen LogP) is 6.35. The smallest absolute Gasteiger partial charge is 0.269 e. The molecule has 0 bridgehead atoms. The first-order chi connectivity index (χ1) is 17.4. The van der Waals surface area contributed by atoms with Gasteiger partial charge in [0.15, 0.2) is 0 Å². The fourth-order valence-electron chi connectivity index (χ4n) is 3.66. The van der Waals surface area contributed by atoms with Crippen molar-refractivity contribution in [2.24, 2.45) is 0 Å². The van der Waals surface area contributed by atoms with E-state index in [-0.39, 0.29) is 24.1 Å². The van der Waals surface area contributed by atoms with Crippen molar-refractivity contribution in [2.45, 2.75) is 23.1 Å². The molecule has 180 valence electrons. The topological polar surface area (TPSA) is 58.2 Å². The maximum absolute atomic E-state index is 13.3. The van der Waals surface area contributed by atoms with Crippen LogP contribution in [0.15, 0.2) is 113 Å². The second kappa shape index (κ2) is 11.5. The van der Waals surface area contributed by atoms with Crippen LogP contribution in [0, 0.1) is 12.7 Å². The molecule has 0 saturated carbocycles. The van der Waals surface area contributed by atoms with Gasteiger partial charge in [-0.05, 0) is 71.1 Å². The Morgan fingerprint density at radius 3 is 2.19 bits per heavy atom. The number of hydrazine groups is 1. The highest BCUT2D eigenvalue weighted by molar-refractivity contribution is 7.99. The number of carbonyl (C=O) groups is 2. The highest BCUT2D eigenvalue weighted by Crippen LogP contribution is 2.37. The second-order valence-electron chi connectivity index (χ2n) is 8.23.